The molecule has 0 aliphatic carbocycles. The molecule has 0 aliphatic heterocycles. The van der Waals surface area contributed by atoms with Crippen molar-refractivity contribution >= 4 is 0 Å². The molecule has 0 saturated carbocycles. The Kier molecular flexibility index (Phi) is 2.62. The molecule has 1 atom stereocenters. The predicted molar refractivity (Wildman–Crippen MR) is 32.9 cm³/mol. The van der Waals surface area contributed by atoms with Gasteiger partial charge in [0.1, 0.15) is 9.85 Å². The Morgan fingerprint density at radius 2 is 1.83 bits per heavy atom. The van der Waals surface area contributed by atoms with E-state index in [9.17, 15) is 24.6 Å². The van der Waals surface area contributed by atoms with E-state index in [1.54, 1.807) is 0 Å². The molecule has 0 aromatic rings. The lowest BCUT2D eigenvalue weighted by Crippen LogP contribution is -2.51. The first-order valence-corrected chi connectivity index (χ1v) is 2.74. The van der Waals surface area contributed by atoms with Crippen LogP contribution in [0.5, 0.6) is 0 Å². The first-order chi connectivity index (χ1) is 5.39. The molecule has 8 heteroatoms. The highest BCUT2D eigenvalue weighted by Gasteiger charge is 2.63. The number of nitrogens with zero attached hydrogens (tertiary/aromatic N) is 3. The van der Waals surface area contributed by atoms with Crippen LogP contribution in [0.4, 0.5) is 4.39 Å². The van der Waals surface area contributed by atoms with Crippen LogP contribution < -0.4 is 0 Å². The van der Waals surface area contributed by atoms with Crippen molar-refractivity contribution in [1.82, 2.24) is 0 Å². The Bertz CT molecular complexity index is 244. The van der Waals surface area contributed by atoms with Gasteiger partial charge in [-0.3, -0.25) is 20.2 Å². The number of nitriles is 1. The van der Waals surface area contributed by atoms with E-state index in [0.29, 0.717) is 6.92 Å². The van der Waals surface area contributed by atoms with Crippen molar-refractivity contribution in [3.8, 4) is 6.07 Å². The molecule has 66 valence electrons. The van der Waals surface area contributed by atoms with Gasteiger partial charge in [0.25, 0.3) is 6.17 Å². The normalized spacial score (nSPS) is 13.1. The van der Waals surface area contributed by atoms with Gasteiger partial charge in [0, 0.05) is 0 Å². The molecule has 0 radical (unpaired) electrons. The van der Waals surface area contributed by atoms with Gasteiger partial charge in [-0.15, -0.1) is 0 Å². The topological polar surface area (TPSA) is 110 Å². The molecule has 0 rings (SSSR count). The monoisotopic (exact) mass is 177 g/mol. The Morgan fingerprint density at radius 3 is 1.83 bits per heavy atom. The van der Waals surface area contributed by atoms with E-state index in [0.717, 1.165) is 6.07 Å². The van der Waals surface area contributed by atoms with Crippen LogP contribution in [0.3, 0.4) is 0 Å². The number of hydrogen-bond acceptors (Lipinski definition) is 5. The summed E-state index contributed by atoms with van der Waals surface area (Å²) in [6, 6.07) is 0.741. The number of halogens is 1. The Morgan fingerprint density at radius 1 is 1.50 bits per heavy atom. The van der Waals surface area contributed by atoms with Gasteiger partial charge in [-0.2, -0.15) is 5.26 Å². The van der Waals surface area contributed by atoms with Gasteiger partial charge in [-0.1, -0.05) is 0 Å². The molecule has 0 saturated heterocycles. The minimum atomic E-state index is -3.38. The zero-order valence-electron chi connectivity index (χ0n) is 5.93. The molecular weight excluding hydrogens is 173 g/mol. The van der Waals surface area contributed by atoms with Crippen molar-refractivity contribution in [2.75, 3.05) is 0 Å². The van der Waals surface area contributed by atoms with Crippen molar-refractivity contribution in [3.05, 3.63) is 20.2 Å². The van der Waals surface area contributed by atoms with E-state index >= 15 is 0 Å². The summed E-state index contributed by atoms with van der Waals surface area (Å²) < 4.78 is 12.4. The van der Waals surface area contributed by atoms with Crippen molar-refractivity contribution < 1.29 is 14.2 Å². The van der Waals surface area contributed by atoms with Crippen LogP contribution in [0.1, 0.15) is 6.92 Å². The average Bonchev–Trinajstić information content (AvgIpc) is 1.86. The minimum Gasteiger partial charge on any atom is -0.257 e. The lowest BCUT2D eigenvalue weighted by atomic mass is 10.1. The summed E-state index contributed by atoms with van der Waals surface area (Å²) in [6.07, 6.45) is -2.47. The summed E-state index contributed by atoms with van der Waals surface area (Å²) in [5, 5.41) is 28.2. The van der Waals surface area contributed by atoms with E-state index in [1.165, 1.54) is 0 Å². The van der Waals surface area contributed by atoms with Crippen molar-refractivity contribution in [3.63, 3.8) is 0 Å². The molecule has 0 aliphatic rings. The van der Waals surface area contributed by atoms with Crippen LogP contribution in [0.25, 0.3) is 0 Å². The van der Waals surface area contributed by atoms with E-state index < -0.39 is 21.7 Å². The average molecular weight is 177 g/mol. The van der Waals surface area contributed by atoms with Gasteiger partial charge in [0.05, 0.1) is 0 Å². The molecule has 7 nitrogen and oxygen atoms in total. The first-order valence-electron chi connectivity index (χ1n) is 2.74. The highest BCUT2D eigenvalue weighted by atomic mass is 19.1. The Hall–Kier alpha value is -1.78. The molecular formula is C4H4FN3O4. The minimum absolute atomic E-state index is 0.592. The third-order valence-electron chi connectivity index (χ3n) is 1.28. The van der Waals surface area contributed by atoms with Crippen LogP contribution in [-0.2, 0) is 0 Å². The van der Waals surface area contributed by atoms with E-state index in [-0.39, 0.29) is 0 Å². The van der Waals surface area contributed by atoms with Gasteiger partial charge < -0.3 is 0 Å². The second kappa shape index (κ2) is 3.08. The largest absolute Gasteiger partial charge is 0.573 e. The smallest absolute Gasteiger partial charge is 0.257 e. The van der Waals surface area contributed by atoms with Crippen molar-refractivity contribution in [2.45, 2.75) is 18.8 Å². The lowest BCUT2D eigenvalue weighted by molar-refractivity contribution is -0.784. The zero-order chi connectivity index (χ0) is 9.94. The fourth-order valence-electron chi connectivity index (χ4n) is 0.528. The lowest BCUT2D eigenvalue weighted by Gasteiger charge is -2.09. The Balaban J connectivity index is 5.23. The van der Waals surface area contributed by atoms with Gasteiger partial charge in [-0.05, 0) is 6.92 Å². The van der Waals surface area contributed by atoms with Gasteiger partial charge in [0.15, 0.2) is 0 Å². The third-order valence-corrected chi connectivity index (χ3v) is 1.28. The third kappa shape index (κ3) is 1.16. The first kappa shape index (κ1) is 10.2. The van der Waals surface area contributed by atoms with E-state index in [1.807, 2.05) is 0 Å². The zero-order valence-corrected chi connectivity index (χ0v) is 5.93. The SMILES string of the molecule is CC(F)C(C#N)([N+](=O)[O-])[N+](=O)[O-]. The van der Waals surface area contributed by atoms with E-state index in [2.05, 4.69) is 0 Å². The van der Waals surface area contributed by atoms with Crippen molar-refractivity contribution in [1.29, 1.82) is 5.26 Å². The van der Waals surface area contributed by atoms with Crippen LogP contribution in [-0.4, -0.2) is 21.7 Å². The number of alkyl halides is 1. The Labute approximate surface area is 65.7 Å². The summed E-state index contributed by atoms with van der Waals surface area (Å²) in [5.74, 6) is 0. The highest BCUT2D eigenvalue weighted by Crippen LogP contribution is 2.17. The molecule has 0 heterocycles. The molecule has 0 bridgehead atoms. The fourth-order valence-corrected chi connectivity index (χ4v) is 0.528. The summed E-state index contributed by atoms with van der Waals surface area (Å²) in [4.78, 5) is 17.0. The quantitative estimate of drug-likeness (QED) is 0.345. The summed E-state index contributed by atoms with van der Waals surface area (Å²) >= 11 is 0. The van der Waals surface area contributed by atoms with Crippen LogP contribution in [0.2, 0.25) is 0 Å². The summed E-state index contributed by atoms with van der Waals surface area (Å²) in [5.41, 5.74) is -3.38. The summed E-state index contributed by atoms with van der Waals surface area (Å²) in [6.45, 7) is 0.592. The molecule has 0 N–H and O–H groups in total. The molecule has 0 amide bonds. The maximum absolute atomic E-state index is 12.4. The van der Waals surface area contributed by atoms with Gasteiger partial charge in [0.2, 0.25) is 6.07 Å². The maximum atomic E-state index is 12.4. The van der Waals surface area contributed by atoms with Gasteiger partial charge in [-0.25, -0.2) is 4.39 Å². The fraction of sp³-hybridized carbons (Fsp3) is 0.750. The van der Waals surface area contributed by atoms with Crippen LogP contribution in [0.15, 0.2) is 0 Å². The molecule has 0 aromatic carbocycles. The predicted octanol–water partition coefficient (Wildman–Crippen LogP) is 0.118. The highest BCUT2D eigenvalue weighted by molar-refractivity contribution is 4.96. The second-order valence-electron chi connectivity index (χ2n) is 1.97. The molecule has 0 aromatic heterocycles. The van der Waals surface area contributed by atoms with Gasteiger partial charge >= 0.3 is 5.66 Å². The molecule has 0 spiro atoms. The van der Waals surface area contributed by atoms with Crippen molar-refractivity contribution in [2.24, 2.45) is 0 Å². The van der Waals surface area contributed by atoms with Crippen LogP contribution >= 0.6 is 0 Å². The standard InChI is InChI=1S/C4H4FN3O4/c1-3(5)4(2-6,7(9)10)8(11)12/h3H,1H3. The summed E-state index contributed by atoms with van der Waals surface area (Å²) in [7, 11) is 0. The molecule has 0 fully saturated rings. The molecule has 12 heavy (non-hydrogen) atoms. The molecule has 1 unspecified atom stereocenters. The van der Waals surface area contributed by atoms with Crippen LogP contribution in [0, 0.1) is 31.6 Å². The number of rotatable bonds is 3. The maximum Gasteiger partial charge on any atom is 0.573 e. The number of hydrogen-bond donors (Lipinski definition) is 0. The van der Waals surface area contributed by atoms with E-state index in [4.69, 9.17) is 5.26 Å². The number of nitro groups is 2. The second-order valence-corrected chi connectivity index (χ2v) is 1.97.